The van der Waals surface area contributed by atoms with Crippen molar-refractivity contribution in [1.29, 1.82) is 0 Å². The average Bonchev–Trinajstić information content (AvgIpc) is 2.97. The number of hydrogen-bond acceptors (Lipinski definition) is 6. The molecule has 6 nitrogen and oxygen atoms in total. The van der Waals surface area contributed by atoms with E-state index in [9.17, 15) is 0 Å². The van der Waals surface area contributed by atoms with Crippen LogP contribution in [0.4, 0.5) is 5.69 Å². The lowest BCUT2D eigenvalue weighted by Crippen LogP contribution is -2.38. The molecule has 6 rings (SSSR count). The van der Waals surface area contributed by atoms with E-state index in [4.69, 9.17) is 19.4 Å². The third-order valence-electron chi connectivity index (χ3n) is 7.00. The highest BCUT2D eigenvalue weighted by molar-refractivity contribution is 5.75. The second-order valence-electron chi connectivity index (χ2n) is 9.39. The Morgan fingerprint density at radius 3 is 2.72 bits per heavy atom. The predicted octanol–water partition coefficient (Wildman–Crippen LogP) is 5.57. The van der Waals surface area contributed by atoms with Gasteiger partial charge in [-0.1, -0.05) is 12.1 Å². The number of benzene rings is 1. The maximum atomic E-state index is 6.07. The molecule has 0 amide bonds. The highest BCUT2D eigenvalue weighted by Crippen LogP contribution is 2.33. The first-order valence-electron chi connectivity index (χ1n) is 12.8. The van der Waals surface area contributed by atoms with Crippen LogP contribution in [0.1, 0.15) is 41.5 Å². The van der Waals surface area contributed by atoms with Gasteiger partial charge >= 0.3 is 0 Å². The summed E-state index contributed by atoms with van der Waals surface area (Å²) in [6, 6.07) is 20.7. The van der Waals surface area contributed by atoms with Gasteiger partial charge in [-0.15, -0.1) is 0 Å². The number of aryl methyl sites for hydroxylation is 2. The molecule has 4 heterocycles. The fourth-order valence-electron chi connectivity index (χ4n) is 5.08. The zero-order valence-corrected chi connectivity index (χ0v) is 20.3. The molecule has 0 saturated carbocycles. The van der Waals surface area contributed by atoms with E-state index in [1.165, 1.54) is 24.1 Å². The van der Waals surface area contributed by atoms with Crippen LogP contribution < -0.4 is 9.64 Å². The normalized spacial score (nSPS) is 17.4. The first-order valence-corrected chi connectivity index (χ1v) is 12.8. The third-order valence-corrected chi connectivity index (χ3v) is 7.00. The molecule has 4 aromatic rings. The lowest BCUT2D eigenvalue weighted by Gasteiger charge is -2.35. The van der Waals surface area contributed by atoms with Crippen LogP contribution >= 0.6 is 0 Å². The Balaban J connectivity index is 1.16. The number of rotatable bonds is 6. The van der Waals surface area contributed by atoms with Crippen molar-refractivity contribution in [2.75, 3.05) is 24.6 Å². The summed E-state index contributed by atoms with van der Waals surface area (Å²) >= 11 is 0. The largest absolute Gasteiger partial charge is 0.487 e. The fourth-order valence-corrected chi connectivity index (χ4v) is 5.08. The van der Waals surface area contributed by atoms with E-state index in [0.29, 0.717) is 13.2 Å². The smallest absolute Gasteiger partial charge is 0.130 e. The minimum Gasteiger partial charge on any atom is -0.487 e. The second kappa shape index (κ2) is 10.5. The van der Waals surface area contributed by atoms with Crippen molar-refractivity contribution in [3.8, 4) is 17.0 Å². The molecule has 0 spiro atoms. The van der Waals surface area contributed by atoms with Gasteiger partial charge in [-0.05, 0) is 79.8 Å². The van der Waals surface area contributed by atoms with Gasteiger partial charge in [0.2, 0.25) is 0 Å². The Morgan fingerprint density at radius 2 is 1.83 bits per heavy atom. The Labute approximate surface area is 212 Å². The summed E-state index contributed by atoms with van der Waals surface area (Å²) in [5, 5.41) is 0. The lowest BCUT2D eigenvalue weighted by molar-refractivity contribution is 0.0396. The number of fused-ring (bicyclic) bond motifs is 1. The molecule has 1 aliphatic heterocycles. The van der Waals surface area contributed by atoms with Crippen molar-refractivity contribution in [2.24, 2.45) is 0 Å². The summed E-state index contributed by atoms with van der Waals surface area (Å²) in [5.41, 5.74) is 7.87. The van der Waals surface area contributed by atoms with E-state index in [1.54, 1.807) is 6.20 Å². The van der Waals surface area contributed by atoms with E-state index in [2.05, 4.69) is 46.3 Å². The van der Waals surface area contributed by atoms with Gasteiger partial charge in [0.05, 0.1) is 23.7 Å². The van der Waals surface area contributed by atoms with Crippen LogP contribution in [0.25, 0.3) is 11.3 Å². The topological polar surface area (TPSA) is 60.4 Å². The Hall–Kier alpha value is -3.77. The number of hydrogen-bond donors (Lipinski definition) is 0. The van der Waals surface area contributed by atoms with E-state index < -0.39 is 0 Å². The molecule has 0 bridgehead atoms. The van der Waals surface area contributed by atoms with E-state index in [0.717, 1.165) is 59.9 Å². The zero-order chi connectivity index (χ0) is 24.2. The van der Waals surface area contributed by atoms with Gasteiger partial charge in [0.15, 0.2) is 0 Å². The molecule has 1 saturated heterocycles. The number of morpholine rings is 1. The predicted molar refractivity (Wildman–Crippen MR) is 140 cm³/mol. The van der Waals surface area contributed by atoms with E-state index >= 15 is 0 Å². The molecule has 1 unspecified atom stereocenters. The van der Waals surface area contributed by atoms with Gasteiger partial charge in [-0.3, -0.25) is 15.0 Å². The third kappa shape index (κ3) is 4.95. The number of pyridine rings is 3. The summed E-state index contributed by atoms with van der Waals surface area (Å²) < 4.78 is 12.1. The van der Waals surface area contributed by atoms with Crippen LogP contribution in [0.2, 0.25) is 0 Å². The van der Waals surface area contributed by atoms with Crippen molar-refractivity contribution in [2.45, 2.75) is 38.4 Å². The maximum Gasteiger partial charge on any atom is 0.130 e. The van der Waals surface area contributed by atoms with E-state index in [1.807, 2.05) is 36.7 Å². The Bertz CT molecular complexity index is 1310. The molecule has 0 N–H and O–H groups in total. The molecule has 1 aliphatic carbocycles. The summed E-state index contributed by atoms with van der Waals surface area (Å²) in [4.78, 5) is 16.2. The lowest BCUT2D eigenvalue weighted by atomic mass is 9.96. The molecule has 6 heteroatoms. The monoisotopic (exact) mass is 478 g/mol. The van der Waals surface area contributed by atoms with Crippen molar-refractivity contribution < 1.29 is 9.47 Å². The minimum atomic E-state index is -0.00603. The van der Waals surface area contributed by atoms with Crippen LogP contribution in [0.5, 0.6) is 5.75 Å². The van der Waals surface area contributed by atoms with Crippen molar-refractivity contribution in [3.05, 3.63) is 102 Å². The van der Waals surface area contributed by atoms with Crippen LogP contribution in [-0.2, 0) is 24.2 Å². The summed E-state index contributed by atoms with van der Waals surface area (Å²) in [6.07, 6.45) is 10.3. The molecular formula is C30H30N4O2. The van der Waals surface area contributed by atoms with Crippen molar-refractivity contribution in [1.82, 2.24) is 15.0 Å². The molecule has 1 atom stereocenters. The van der Waals surface area contributed by atoms with Gasteiger partial charge in [-0.2, -0.15) is 0 Å². The summed E-state index contributed by atoms with van der Waals surface area (Å²) in [7, 11) is 0. The molecule has 3 aromatic heterocycles. The van der Waals surface area contributed by atoms with Gasteiger partial charge in [-0.25, -0.2) is 0 Å². The first-order chi connectivity index (χ1) is 17.8. The highest BCUT2D eigenvalue weighted by atomic mass is 16.5. The van der Waals surface area contributed by atoms with Gasteiger partial charge in [0.25, 0.3) is 0 Å². The van der Waals surface area contributed by atoms with Crippen LogP contribution in [0, 0.1) is 0 Å². The highest BCUT2D eigenvalue weighted by Gasteiger charge is 2.24. The number of ether oxygens (including phenoxy) is 2. The molecule has 1 fully saturated rings. The zero-order valence-electron chi connectivity index (χ0n) is 20.3. The minimum absolute atomic E-state index is 0.00603. The number of anilines is 1. The van der Waals surface area contributed by atoms with Gasteiger partial charge in [0.1, 0.15) is 18.5 Å². The summed E-state index contributed by atoms with van der Waals surface area (Å²) in [5.74, 6) is 0.832. The quantitative estimate of drug-likeness (QED) is 0.361. The molecule has 182 valence electrons. The first kappa shape index (κ1) is 22.7. The van der Waals surface area contributed by atoms with Gasteiger partial charge in [0, 0.05) is 48.5 Å². The van der Waals surface area contributed by atoms with Crippen LogP contribution in [0.3, 0.4) is 0 Å². The fraction of sp³-hybridized carbons (Fsp3) is 0.300. The molecule has 1 aromatic carbocycles. The Kier molecular flexibility index (Phi) is 6.59. The van der Waals surface area contributed by atoms with Crippen molar-refractivity contribution in [3.63, 3.8) is 0 Å². The maximum absolute atomic E-state index is 6.07. The van der Waals surface area contributed by atoms with E-state index in [-0.39, 0.29) is 6.10 Å². The van der Waals surface area contributed by atoms with Crippen LogP contribution in [0.15, 0.2) is 79.3 Å². The number of nitrogens with zero attached hydrogens (tertiary/aromatic N) is 4. The van der Waals surface area contributed by atoms with Gasteiger partial charge < -0.3 is 14.4 Å². The summed E-state index contributed by atoms with van der Waals surface area (Å²) in [6.45, 7) is 2.73. The molecule has 2 aliphatic rings. The molecule has 0 radical (unpaired) electrons. The second-order valence-corrected chi connectivity index (χ2v) is 9.39. The average molecular weight is 479 g/mol. The Morgan fingerprint density at radius 1 is 0.944 bits per heavy atom. The SMILES string of the molecule is c1cncc(C2CN(c3cccnc3-c3ccc(OCc4ccc5c(n4)CCCC5)cc3)CCO2)c1. The molecule has 36 heavy (non-hydrogen) atoms. The van der Waals surface area contributed by atoms with Crippen LogP contribution in [-0.4, -0.2) is 34.6 Å². The molecular weight excluding hydrogens is 448 g/mol. The number of aromatic nitrogens is 3. The standard InChI is InChI=1S/C30H30N4O2/c1-2-7-27-22(5-1)9-12-25(33-27)21-36-26-13-10-23(11-14-26)30-28(8-4-16-32-30)34-17-18-35-29(20-34)24-6-3-15-31-19-24/h3-4,6,8-16,19,29H,1-2,5,7,17-18,20-21H2. The van der Waals surface area contributed by atoms with Crippen molar-refractivity contribution >= 4 is 5.69 Å².